The molecule has 0 unspecified atom stereocenters. The molecule has 0 radical (unpaired) electrons. The number of hydrogen-bond donors (Lipinski definition) is 2. The van der Waals surface area contributed by atoms with E-state index in [0.29, 0.717) is 6.54 Å². The fourth-order valence-electron chi connectivity index (χ4n) is 1.97. The minimum Gasteiger partial charge on any atom is -0.477 e. The van der Waals surface area contributed by atoms with E-state index in [1.165, 1.54) is 18.2 Å². The topological polar surface area (TPSA) is 104 Å². The van der Waals surface area contributed by atoms with Crippen LogP contribution in [0.3, 0.4) is 0 Å². The lowest BCUT2D eigenvalue weighted by molar-refractivity contribution is -0.384. The van der Waals surface area contributed by atoms with Crippen molar-refractivity contribution < 1.29 is 19.9 Å². The van der Waals surface area contributed by atoms with Gasteiger partial charge in [0, 0.05) is 13.1 Å². The van der Waals surface area contributed by atoms with E-state index in [4.69, 9.17) is 10.2 Å². The van der Waals surface area contributed by atoms with Crippen molar-refractivity contribution in [2.45, 2.75) is 19.8 Å². The molecule has 2 N–H and O–H groups in total. The zero-order valence-corrected chi connectivity index (χ0v) is 11.3. The van der Waals surface area contributed by atoms with Crippen molar-refractivity contribution >= 4 is 17.3 Å². The summed E-state index contributed by atoms with van der Waals surface area (Å²) in [6, 6.07) is 4.19. The van der Waals surface area contributed by atoms with Crippen LogP contribution in [0.15, 0.2) is 18.2 Å². The number of aliphatic hydroxyl groups is 1. The van der Waals surface area contributed by atoms with Crippen LogP contribution in [-0.4, -0.2) is 40.8 Å². The van der Waals surface area contributed by atoms with Crippen molar-refractivity contribution in [1.82, 2.24) is 0 Å². The first kappa shape index (κ1) is 15.9. The maximum atomic E-state index is 11.2. The normalized spacial score (nSPS) is 10.3. The summed E-state index contributed by atoms with van der Waals surface area (Å²) in [6.07, 6.45) is 1.70. The van der Waals surface area contributed by atoms with E-state index in [1.807, 2.05) is 6.92 Å². The van der Waals surface area contributed by atoms with Gasteiger partial charge < -0.3 is 15.1 Å². The number of nitrogens with zero attached hydrogens (tertiary/aromatic N) is 2. The Kier molecular flexibility index (Phi) is 5.92. The van der Waals surface area contributed by atoms with Gasteiger partial charge in [-0.05, 0) is 18.6 Å². The number of carboxylic acids is 1. The van der Waals surface area contributed by atoms with Gasteiger partial charge in [0.15, 0.2) is 0 Å². The van der Waals surface area contributed by atoms with Crippen molar-refractivity contribution in [2.24, 2.45) is 0 Å². The number of unbranched alkanes of at least 4 members (excludes halogenated alkanes) is 1. The van der Waals surface area contributed by atoms with E-state index < -0.39 is 16.6 Å². The molecule has 7 nitrogen and oxygen atoms in total. The van der Waals surface area contributed by atoms with Crippen molar-refractivity contribution in [3.63, 3.8) is 0 Å². The number of hydrogen-bond acceptors (Lipinski definition) is 5. The SMILES string of the molecule is CCCCN(CCO)c1cccc(C(=O)O)c1[N+](=O)[O-]. The standard InChI is InChI=1S/C13H18N2O5/c1-2-3-7-14(8-9-16)11-6-4-5-10(13(17)18)12(11)15(19)20/h4-6,16H,2-3,7-9H2,1H3,(H,17,18). The van der Waals surface area contributed by atoms with Crippen LogP contribution >= 0.6 is 0 Å². The molecule has 0 aliphatic rings. The molecule has 0 spiro atoms. The summed E-state index contributed by atoms with van der Waals surface area (Å²) in [5, 5.41) is 29.3. The molecule has 0 fully saturated rings. The summed E-state index contributed by atoms with van der Waals surface area (Å²) in [5.74, 6) is -1.34. The number of carbonyl (C=O) groups is 1. The average molecular weight is 282 g/mol. The number of para-hydroxylation sites is 1. The first-order chi connectivity index (χ1) is 9.52. The van der Waals surface area contributed by atoms with Crippen molar-refractivity contribution in [3.05, 3.63) is 33.9 Å². The van der Waals surface area contributed by atoms with E-state index in [0.717, 1.165) is 12.8 Å². The van der Waals surface area contributed by atoms with Crippen LogP contribution in [0.4, 0.5) is 11.4 Å². The van der Waals surface area contributed by atoms with Gasteiger partial charge in [-0.15, -0.1) is 0 Å². The maximum Gasteiger partial charge on any atom is 0.342 e. The molecule has 0 bridgehead atoms. The Morgan fingerprint density at radius 3 is 2.60 bits per heavy atom. The average Bonchev–Trinajstić information content (AvgIpc) is 2.42. The van der Waals surface area contributed by atoms with Crippen LogP contribution in [0.25, 0.3) is 0 Å². The van der Waals surface area contributed by atoms with Crippen molar-refractivity contribution in [3.8, 4) is 0 Å². The first-order valence-corrected chi connectivity index (χ1v) is 6.39. The van der Waals surface area contributed by atoms with Crippen LogP contribution in [0.5, 0.6) is 0 Å². The van der Waals surface area contributed by atoms with E-state index in [2.05, 4.69) is 0 Å². The number of rotatable bonds is 8. The van der Waals surface area contributed by atoms with Gasteiger partial charge >= 0.3 is 11.7 Å². The highest BCUT2D eigenvalue weighted by Gasteiger charge is 2.26. The van der Waals surface area contributed by atoms with Gasteiger partial charge in [-0.3, -0.25) is 10.1 Å². The molecule has 110 valence electrons. The van der Waals surface area contributed by atoms with E-state index in [1.54, 1.807) is 4.90 Å². The number of benzene rings is 1. The van der Waals surface area contributed by atoms with Crippen LogP contribution < -0.4 is 4.90 Å². The molecule has 0 aliphatic carbocycles. The van der Waals surface area contributed by atoms with Crippen LogP contribution in [0, 0.1) is 10.1 Å². The molecule has 1 aromatic carbocycles. The Hall–Kier alpha value is -2.15. The molecule has 1 aromatic rings. The number of anilines is 1. The van der Waals surface area contributed by atoms with Gasteiger partial charge in [-0.2, -0.15) is 0 Å². The summed E-state index contributed by atoms with van der Waals surface area (Å²) >= 11 is 0. The van der Waals surface area contributed by atoms with Crippen LogP contribution in [0.2, 0.25) is 0 Å². The Morgan fingerprint density at radius 2 is 2.10 bits per heavy atom. The highest BCUT2D eigenvalue weighted by Crippen LogP contribution is 2.32. The summed E-state index contributed by atoms with van der Waals surface area (Å²) < 4.78 is 0. The second kappa shape index (κ2) is 7.44. The van der Waals surface area contributed by atoms with Gasteiger partial charge in [0.05, 0.1) is 11.5 Å². The quantitative estimate of drug-likeness (QED) is 0.557. The predicted octanol–water partition coefficient (Wildman–Crippen LogP) is 1.89. The molecule has 0 aliphatic heterocycles. The fourth-order valence-corrected chi connectivity index (χ4v) is 1.97. The van der Waals surface area contributed by atoms with E-state index >= 15 is 0 Å². The van der Waals surface area contributed by atoms with Gasteiger partial charge in [0.2, 0.25) is 0 Å². The zero-order valence-electron chi connectivity index (χ0n) is 11.3. The third-order valence-electron chi connectivity index (χ3n) is 2.92. The van der Waals surface area contributed by atoms with Gasteiger partial charge in [-0.25, -0.2) is 4.79 Å². The number of aromatic carboxylic acids is 1. The smallest absolute Gasteiger partial charge is 0.342 e. The first-order valence-electron chi connectivity index (χ1n) is 6.39. The minimum atomic E-state index is -1.34. The third kappa shape index (κ3) is 3.67. The molecule has 0 atom stereocenters. The van der Waals surface area contributed by atoms with Gasteiger partial charge in [0.1, 0.15) is 11.3 Å². The summed E-state index contributed by atoms with van der Waals surface area (Å²) in [5.41, 5.74) is -0.533. The Labute approximate surface area is 116 Å². The molecular formula is C13H18N2O5. The summed E-state index contributed by atoms with van der Waals surface area (Å²) in [4.78, 5) is 23.2. The van der Waals surface area contributed by atoms with E-state index in [-0.39, 0.29) is 24.4 Å². The van der Waals surface area contributed by atoms with Crippen LogP contribution in [-0.2, 0) is 0 Å². The molecule has 0 saturated heterocycles. The van der Waals surface area contributed by atoms with Crippen molar-refractivity contribution in [2.75, 3.05) is 24.6 Å². The third-order valence-corrected chi connectivity index (χ3v) is 2.92. The van der Waals surface area contributed by atoms with Crippen molar-refractivity contribution in [1.29, 1.82) is 0 Å². The molecule has 20 heavy (non-hydrogen) atoms. The molecule has 0 amide bonds. The Bertz CT molecular complexity index is 490. The highest BCUT2D eigenvalue weighted by atomic mass is 16.6. The maximum absolute atomic E-state index is 11.2. The van der Waals surface area contributed by atoms with E-state index in [9.17, 15) is 14.9 Å². The lowest BCUT2D eigenvalue weighted by atomic mass is 10.1. The molecular weight excluding hydrogens is 264 g/mol. The minimum absolute atomic E-state index is 0.155. The number of nitro benzene ring substituents is 1. The van der Waals surface area contributed by atoms with Gasteiger partial charge in [-0.1, -0.05) is 19.4 Å². The molecule has 0 saturated carbocycles. The Balaban J connectivity index is 3.28. The largest absolute Gasteiger partial charge is 0.477 e. The van der Waals surface area contributed by atoms with Crippen LogP contribution in [0.1, 0.15) is 30.1 Å². The second-order valence-corrected chi connectivity index (χ2v) is 4.30. The number of aliphatic hydroxyl groups excluding tert-OH is 1. The molecule has 1 rings (SSSR count). The lowest BCUT2D eigenvalue weighted by Gasteiger charge is -2.23. The fraction of sp³-hybridized carbons (Fsp3) is 0.462. The zero-order chi connectivity index (χ0) is 15.1. The monoisotopic (exact) mass is 282 g/mol. The molecule has 0 aromatic heterocycles. The lowest BCUT2D eigenvalue weighted by Crippen LogP contribution is -2.28. The summed E-state index contributed by atoms with van der Waals surface area (Å²) in [6.45, 7) is 2.59. The predicted molar refractivity (Wildman–Crippen MR) is 74.3 cm³/mol. The highest BCUT2D eigenvalue weighted by molar-refractivity contribution is 5.95. The second-order valence-electron chi connectivity index (χ2n) is 4.30. The number of nitro groups is 1. The molecule has 7 heteroatoms. The molecule has 0 heterocycles. The number of carboxylic acid groups (broad SMARTS) is 1. The van der Waals surface area contributed by atoms with Gasteiger partial charge in [0.25, 0.3) is 0 Å². The summed E-state index contributed by atoms with van der Waals surface area (Å²) in [7, 11) is 0. The Morgan fingerprint density at radius 1 is 1.40 bits per heavy atom.